The fourth-order valence-corrected chi connectivity index (χ4v) is 4.27. The second-order valence-corrected chi connectivity index (χ2v) is 8.87. The zero-order valence-electron chi connectivity index (χ0n) is 19.3. The van der Waals surface area contributed by atoms with Crippen LogP contribution in [-0.4, -0.2) is 41.8 Å². The van der Waals surface area contributed by atoms with Crippen molar-refractivity contribution in [3.8, 4) is 11.1 Å². The first-order valence-electron chi connectivity index (χ1n) is 11.4. The van der Waals surface area contributed by atoms with Crippen LogP contribution in [0.25, 0.3) is 11.1 Å². The van der Waals surface area contributed by atoms with E-state index in [4.69, 9.17) is 4.74 Å². The van der Waals surface area contributed by atoms with Crippen molar-refractivity contribution in [2.24, 2.45) is 5.92 Å². The van der Waals surface area contributed by atoms with E-state index in [0.29, 0.717) is 12.8 Å². The molecule has 7 nitrogen and oxygen atoms in total. The van der Waals surface area contributed by atoms with Gasteiger partial charge in [0.1, 0.15) is 12.6 Å². The van der Waals surface area contributed by atoms with Crippen LogP contribution >= 0.6 is 0 Å². The lowest BCUT2D eigenvalue weighted by atomic mass is 9.98. The normalized spacial score (nSPS) is 14.2. The van der Waals surface area contributed by atoms with E-state index in [-0.39, 0.29) is 24.9 Å². The maximum Gasteiger partial charge on any atom is 0.407 e. The molecule has 2 amide bonds. The van der Waals surface area contributed by atoms with E-state index in [2.05, 4.69) is 34.9 Å². The monoisotopic (exact) mass is 452 g/mol. The Morgan fingerprint density at radius 2 is 1.55 bits per heavy atom. The molecule has 0 saturated heterocycles. The lowest BCUT2D eigenvalue weighted by Crippen LogP contribution is -2.45. The van der Waals surface area contributed by atoms with Gasteiger partial charge in [0.05, 0.1) is 0 Å². The molecule has 0 bridgehead atoms. The highest BCUT2D eigenvalue weighted by Crippen LogP contribution is 2.44. The van der Waals surface area contributed by atoms with Crippen LogP contribution in [0.15, 0.2) is 48.5 Å². The lowest BCUT2D eigenvalue weighted by Gasteiger charge is -2.20. The van der Waals surface area contributed by atoms with Crippen LogP contribution in [0.2, 0.25) is 0 Å². The van der Waals surface area contributed by atoms with Crippen molar-refractivity contribution >= 4 is 18.0 Å². The number of alkyl carbamates (subject to hydrolysis) is 1. The summed E-state index contributed by atoms with van der Waals surface area (Å²) in [6.07, 6.45) is 0.258. The SMILES string of the molecule is CC[C@H](CC(=O)N[C@H](CC(C)C)C(=O)O)NC(=O)OCC1c2ccccc2-c2ccccc21. The number of hydrogen-bond acceptors (Lipinski definition) is 4. The third-order valence-corrected chi connectivity index (χ3v) is 5.93. The van der Waals surface area contributed by atoms with Crippen LogP contribution in [0.5, 0.6) is 0 Å². The summed E-state index contributed by atoms with van der Waals surface area (Å²) in [4.78, 5) is 36.2. The van der Waals surface area contributed by atoms with Crippen molar-refractivity contribution in [2.45, 2.75) is 58.0 Å². The summed E-state index contributed by atoms with van der Waals surface area (Å²) >= 11 is 0. The summed E-state index contributed by atoms with van der Waals surface area (Å²) in [6, 6.07) is 14.8. The van der Waals surface area contributed by atoms with Gasteiger partial charge in [-0.15, -0.1) is 0 Å². The Labute approximate surface area is 194 Å². The van der Waals surface area contributed by atoms with Gasteiger partial charge in [-0.2, -0.15) is 0 Å². The standard InChI is InChI=1S/C26H32N2O5/c1-4-17(14-24(29)28-23(25(30)31)13-16(2)3)27-26(32)33-15-22-20-11-7-5-9-18(20)19-10-6-8-12-21(19)22/h5-12,16-17,22-23H,4,13-15H2,1-3H3,(H,27,32)(H,28,29)(H,30,31)/t17-,23-/m1/s1. The number of aliphatic carboxylic acids is 1. The second kappa shape index (κ2) is 11.0. The number of carboxylic acid groups (broad SMARTS) is 1. The van der Waals surface area contributed by atoms with E-state index in [1.165, 1.54) is 0 Å². The lowest BCUT2D eigenvalue weighted by molar-refractivity contribution is -0.142. The van der Waals surface area contributed by atoms with Crippen LogP contribution in [0.1, 0.15) is 57.1 Å². The largest absolute Gasteiger partial charge is 0.480 e. The molecule has 0 aromatic heterocycles. The summed E-state index contributed by atoms with van der Waals surface area (Å²) in [6.45, 7) is 5.84. The van der Waals surface area contributed by atoms with Gasteiger partial charge in [0.25, 0.3) is 0 Å². The molecule has 2 aromatic rings. The summed E-state index contributed by atoms with van der Waals surface area (Å²) in [5.74, 6) is -1.38. The maximum absolute atomic E-state index is 12.5. The first-order valence-corrected chi connectivity index (χ1v) is 11.4. The highest BCUT2D eigenvalue weighted by atomic mass is 16.5. The van der Waals surface area contributed by atoms with E-state index >= 15 is 0 Å². The van der Waals surface area contributed by atoms with Crippen molar-refractivity contribution < 1.29 is 24.2 Å². The molecular weight excluding hydrogens is 420 g/mol. The number of carboxylic acids is 1. The van der Waals surface area contributed by atoms with Crippen molar-refractivity contribution in [3.63, 3.8) is 0 Å². The van der Waals surface area contributed by atoms with Gasteiger partial charge in [-0.25, -0.2) is 9.59 Å². The minimum absolute atomic E-state index is 0.0113. The smallest absolute Gasteiger partial charge is 0.407 e. The minimum atomic E-state index is -1.06. The molecule has 7 heteroatoms. The zero-order valence-corrected chi connectivity index (χ0v) is 19.3. The zero-order chi connectivity index (χ0) is 24.0. The predicted octanol–water partition coefficient (Wildman–Crippen LogP) is 4.31. The molecule has 3 rings (SSSR count). The topological polar surface area (TPSA) is 105 Å². The van der Waals surface area contributed by atoms with E-state index in [9.17, 15) is 19.5 Å². The van der Waals surface area contributed by atoms with Crippen LogP contribution in [0.3, 0.4) is 0 Å². The van der Waals surface area contributed by atoms with Crippen LogP contribution in [0.4, 0.5) is 4.79 Å². The molecule has 2 aromatic carbocycles. The average molecular weight is 453 g/mol. The second-order valence-electron chi connectivity index (χ2n) is 8.87. The number of carbonyl (C=O) groups is 3. The van der Waals surface area contributed by atoms with Gasteiger partial charge in [-0.05, 0) is 41.0 Å². The van der Waals surface area contributed by atoms with Crippen LogP contribution in [-0.2, 0) is 14.3 Å². The third-order valence-electron chi connectivity index (χ3n) is 5.93. The third kappa shape index (κ3) is 6.12. The Kier molecular flexibility index (Phi) is 8.09. The van der Waals surface area contributed by atoms with Gasteiger partial charge in [-0.3, -0.25) is 4.79 Å². The quantitative estimate of drug-likeness (QED) is 0.498. The van der Waals surface area contributed by atoms with Gasteiger partial charge >= 0.3 is 12.1 Å². The van der Waals surface area contributed by atoms with E-state index in [1.54, 1.807) is 0 Å². The number of rotatable bonds is 10. The van der Waals surface area contributed by atoms with E-state index in [1.807, 2.05) is 45.0 Å². The molecule has 0 heterocycles. The Balaban J connectivity index is 1.55. The number of fused-ring (bicyclic) bond motifs is 3. The number of ether oxygens (including phenoxy) is 1. The van der Waals surface area contributed by atoms with Gasteiger partial charge in [0.2, 0.25) is 5.91 Å². The summed E-state index contributed by atoms with van der Waals surface area (Å²) in [5, 5.41) is 14.6. The van der Waals surface area contributed by atoms with Crippen molar-refractivity contribution in [1.82, 2.24) is 10.6 Å². The number of carbonyl (C=O) groups excluding carboxylic acids is 2. The molecule has 33 heavy (non-hydrogen) atoms. The summed E-state index contributed by atoms with van der Waals surface area (Å²) in [5.41, 5.74) is 4.56. The summed E-state index contributed by atoms with van der Waals surface area (Å²) in [7, 11) is 0. The maximum atomic E-state index is 12.5. The van der Waals surface area contributed by atoms with Gasteiger partial charge < -0.3 is 20.5 Å². The number of hydrogen-bond donors (Lipinski definition) is 3. The molecule has 0 spiro atoms. The molecule has 0 aliphatic heterocycles. The van der Waals surface area contributed by atoms with E-state index in [0.717, 1.165) is 22.3 Å². The van der Waals surface area contributed by atoms with Crippen molar-refractivity contribution in [1.29, 1.82) is 0 Å². The average Bonchev–Trinajstić information content (AvgIpc) is 3.10. The number of amides is 2. The van der Waals surface area contributed by atoms with E-state index < -0.39 is 30.1 Å². The molecule has 0 fully saturated rings. The molecule has 0 unspecified atom stereocenters. The van der Waals surface area contributed by atoms with Crippen molar-refractivity contribution in [2.75, 3.05) is 6.61 Å². The van der Waals surface area contributed by atoms with Gasteiger partial charge in [-0.1, -0.05) is 69.3 Å². The Morgan fingerprint density at radius 1 is 0.970 bits per heavy atom. The Hall–Kier alpha value is -3.35. The molecule has 0 saturated carbocycles. The molecule has 176 valence electrons. The molecule has 2 atom stereocenters. The molecular formula is C26H32N2O5. The molecule has 0 radical (unpaired) electrons. The number of benzene rings is 2. The Morgan fingerprint density at radius 3 is 2.06 bits per heavy atom. The van der Waals surface area contributed by atoms with Crippen LogP contribution < -0.4 is 10.6 Å². The molecule has 1 aliphatic rings. The Bertz CT molecular complexity index is 958. The fourth-order valence-electron chi connectivity index (χ4n) is 4.27. The van der Waals surface area contributed by atoms with Gasteiger partial charge in [0.15, 0.2) is 0 Å². The van der Waals surface area contributed by atoms with Crippen molar-refractivity contribution in [3.05, 3.63) is 59.7 Å². The number of nitrogens with one attached hydrogen (secondary N) is 2. The minimum Gasteiger partial charge on any atom is -0.480 e. The molecule has 1 aliphatic carbocycles. The fraction of sp³-hybridized carbons (Fsp3) is 0.423. The predicted molar refractivity (Wildman–Crippen MR) is 126 cm³/mol. The summed E-state index contributed by atoms with van der Waals surface area (Å²) < 4.78 is 5.55. The highest BCUT2D eigenvalue weighted by molar-refractivity contribution is 5.84. The van der Waals surface area contributed by atoms with Gasteiger partial charge in [0, 0.05) is 18.4 Å². The first kappa shape index (κ1) is 24.3. The van der Waals surface area contributed by atoms with Crippen LogP contribution in [0, 0.1) is 5.92 Å². The molecule has 3 N–H and O–H groups in total. The first-order chi connectivity index (χ1) is 15.8. The highest BCUT2D eigenvalue weighted by Gasteiger charge is 2.29.